The molecule has 0 spiro atoms. The molecule has 110 valence electrons. The van der Waals surface area contributed by atoms with Crippen LogP contribution in [0.1, 0.15) is 25.8 Å². The first kappa shape index (κ1) is 15.4. The molecule has 0 amide bonds. The summed E-state index contributed by atoms with van der Waals surface area (Å²) >= 11 is 1.68. The Bertz CT molecular complexity index is 444. The lowest BCUT2D eigenvalue weighted by Crippen LogP contribution is -2.38. The number of hydrogen-bond acceptors (Lipinski definition) is 4. The Morgan fingerprint density at radius 2 is 2.05 bits per heavy atom. The predicted molar refractivity (Wildman–Crippen MR) is 81.7 cm³/mol. The summed E-state index contributed by atoms with van der Waals surface area (Å²) < 4.78 is 11.5. The van der Waals surface area contributed by atoms with Crippen LogP contribution in [-0.4, -0.2) is 29.7 Å². The first-order valence-corrected chi connectivity index (χ1v) is 8.29. The van der Waals surface area contributed by atoms with Gasteiger partial charge in [-0.3, -0.25) is 4.79 Å². The fourth-order valence-electron chi connectivity index (χ4n) is 2.34. The standard InChI is InChI=1S/C16H22O3S/c1-16(2,18-10-12-7-5-4-6-8-12)14-9-13(11-20-3)15(17)19-14/h4-8,13-14H,9-11H2,1-3H3. The van der Waals surface area contributed by atoms with Crippen LogP contribution in [-0.2, 0) is 20.9 Å². The quantitative estimate of drug-likeness (QED) is 0.754. The smallest absolute Gasteiger partial charge is 0.310 e. The van der Waals surface area contributed by atoms with Crippen LogP contribution in [0.3, 0.4) is 0 Å². The van der Waals surface area contributed by atoms with Gasteiger partial charge in [-0.1, -0.05) is 30.3 Å². The van der Waals surface area contributed by atoms with Gasteiger partial charge in [0.15, 0.2) is 0 Å². The van der Waals surface area contributed by atoms with Crippen molar-refractivity contribution < 1.29 is 14.3 Å². The molecule has 1 aliphatic rings. The van der Waals surface area contributed by atoms with Gasteiger partial charge < -0.3 is 9.47 Å². The number of carbonyl (C=O) groups excluding carboxylic acids is 1. The second-order valence-electron chi connectivity index (χ2n) is 5.69. The molecule has 2 unspecified atom stereocenters. The number of rotatable bonds is 6. The number of ether oxygens (including phenoxy) is 2. The topological polar surface area (TPSA) is 35.5 Å². The first-order chi connectivity index (χ1) is 9.53. The Morgan fingerprint density at radius 3 is 2.70 bits per heavy atom. The number of thioether (sulfide) groups is 1. The number of esters is 1. The summed E-state index contributed by atoms with van der Waals surface area (Å²) in [5.74, 6) is 0.750. The molecule has 0 aromatic heterocycles. The Labute approximate surface area is 125 Å². The van der Waals surface area contributed by atoms with Crippen molar-refractivity contribution in [1.82, 2.24) is 0 Å². The first-order valence-electron chi connectivity index (χ1n) is 6.90. The monoisotopic (exact) mass is 294 g/mol. The van der Waals surface area contributed by atoms with Crippen LogP contribution < -0.4 is 0 Å². The summed E-state index contributed by atoms with van der Waals surface area (Å²) in [7, 11) is 0. The van der Waals surface area contributed by atoms with E-state index in [1.165, 1.54) is 0 Å². The molecule has 1 saturated heterocycles. The summed E-state index contributed by atoms with van der Waals surface area (Å²) in [6, 6.07) is 10.0. The lowest BCUT2D eigenvalue weighted by atomic mass is 9.95. The Balaban J connectivity index is 1.92. The van der Waals surface area contributed by atoms with Crippen molar-refractivity contribution in [2.75, 3.05) is 12.0 Å². The van der Waals surface area contributed by atoms with Gasteiger partial charge in [0.05, 0.1) is 18.1 Å². The van der Waals surface area contributed by atoms with Gasteiger partial charge >= 0.3 is 5.97 Å². The van der Waals surface area contributed by atoms with E-state index in [1.54, 1.807) is 11.8 Å². The van der Waals surface area contributed by atoms with Crippen LogP contribution in [0.4, 0.5) is 0 Å². The molecule has 0 saturated carbocycles. The average Bonchev–Trinajstić information content (AvgIpc) is 2.81. The van der Waals surface area contributed by atoms with Crippen LogP contribution >= 0.6 is 11.8 Å². The van der Waals surface area contributed by atoms with E-state index in [9.17, 15) is 4.79 Å². The van der Waals surface area contributed by atoms with Crippen molar-refractivity contribution in [3.8, 4) is 0 Å². The number of benzene rings is 1. The minimum Gasteiger partial charge on any atom is -0.459 e. The summed E-state index contributed by atoms with van der Waals surface area (Å²) in [4.78, 5) is 11.8. The van der Waals surface area contributed by atoms with E-state index in [2.05, 4.69) is 0 Å². The molecular weight excluding hydrogens is 272 g/mol. The van der Waals surface area contributed by atoms with Crippen LogP contribution in [0, 0.1) is 5.92 Å². The lowest BCUT2D eigenvalue weighted by molar-refractivity contribution is -0.158. The minimum absolute atomic E-state index is 0.00889. The van der Waals surface area contributed by atoms with Crippen molar-refractivity contribution in [2.24, 2.45) is 5.92 Å². The zero-order chi connectivity index (χ0) is 14.6. The summed E-state index contributed by atoms with van der Waals surface area (Å²) in [6.07, 6.45) is 2.61. The summed E-state index contributed by atoms with van der Waals surface area (Å²) in [5.41, 5.74) is 0.670. The van der Waals surface area contributed by atoms with Gasteiger partial charge in [-0.05, 0) is 25.7 Å². The average molecular weight is 294 g/mol. The molecule has 1 fully saturated rings. The molecule has 1 aromatic carbocycles. The second kappa shape index (κ2) is 6.64. The van der Waals surface area contributed by atoms with E-state index in [4.69, 9.17) is 9.47 Å². The molecular formula is C16H22O3S. The number of carbonyl (C=O) groups is 1. The van der Waals surface area contributed by atoms with E-state index < -0.39 is 5.60 Å². The zero-order valence-electron chi connectivity index (χ0n) is 12.3. The second-order valence-corrected chi connectivity index (χ2v) is 6.60. The third kappa shape index (κ3) is 3.76. The zero-order valence-corrected chi connectivity index (χ0v) is 13.1. The van der Waals surface area contributed by atoms with Crippen molar-refractivity contribution in [2.45, 2.75) is 38.6 Å². The number of hydrogen-bond donors (Lipinski definition) is 0. The van der Waals surface area contributed by atoms with Crippen LogP contribution in [0.25, 0.3) is 0 Å². The van der Waals surface area contributed by atoms with Crippen LogP contribution in [0.15, 0.2) is 30.3 Å². The Hall–Kier alpha value is -1.00. The minimum atomic E-state index is -0.460. The molecule has 0 radical (unpaired) electrons. The molecule has 4 heteroatoms. The molecule has 0 aliphatic carbocycles. The van der Waals surface area contributed by atoms with Gasteiger partial charge in [-0.25, -0.2) is 0 Å². The van der Waals surface area contributed by atoms with Gasteiger partial charge in [0.2, 0.25) is 0 Å². The van der Waals surface area contributed by atoms with Crippen molar-refractivity contribution in [3.63, 3.8) is 0 Å². The van der Waals surface area contributed by atoms with Gasteiger partial charge in [-0.2, -0.15) is 11.8 Å². The largest absolute Gasteiger partial charge is 0.459 e. The Kier molecular flexibility index (Phi) is 5.11. The maximum atomic E-state index is 11.8. The molecule has 1 aromatic rings. The van der Waals surface area contributed by atoms with Gasteiger partial charge in [-0.15, -0.1) is 0 Å². The normalized spacial score (nSPS) is 22.9. The third-order valence-corrected chi connectivity index (χ3v) is 4.42. The highest BCUT2D eigenvalue weighted by atomic mass is 32.2. The molecule has 3 nitrogen and oxygen atoms in total. The third-order valence-electron chi connectivity index (χ3n) is 3.69. The fraction of sp³-hybridized carbons (Fsp3) is 0.562. The van der Waals surface area contributed by atoms with Gasteiger partial charge in [0, 0.05) is 12.2 Å². The Morgan fingerprint density at radius 1 is 1.35 bits per heavy atom. The molecule has 20 heavy (non-hydrogen) atoms. The maximum absolute atomic E-state index is 11.8. The van der Waals surface area contributed by atoms with E-state index in [1.807, 2.05) is 50.4 Å². The van der Waals surface area contributed by atoms with Gasteiger partial charge in [0.25, 0.3) is 0 Å². The highest BCUT2D eigenvalue weighted by Crippen LogP contribution is 2.33. The molecule has 2 rings (SSSR count). The summed E-state index contributed by atoms with van der Waals surface area (Å²) in [6.45, 7) is 4.53. The molecule has 0 bridgehead atoms. The molecule has 2 atom stereocenters. The van der Waals surface area contributed by atoms with E-state index in [0.717, 1.165) is 17.7 Å². The van der Waals surface area contributed by atoms with E-state index in [0.29, 0.717) is 6.61 Å². The highest BCUT2D eigenvalue weighted by molar-refractivity contribution is 7.98. The lowest BCUT2D eigenvalue weighted by Gasteiger charge is -2.30. The summed E-state index contributed by atoms with van der Waals surface area (Å²) in [5, 5.41) is 0. The maximum Gasteiger partial charge on any atom is 0.310 e. The predicted octanol–water partition coefficient (Wildman–Crippen LogP) is 3.28. The molecule has 1 heterocycles. The van der Waals surface area contributed by atoms with E-state index >= 15 is 0 Å². The number of cyclic esters (lactones) is 1. The molecule has 1 aliphatic heterocycles. The highest BCUT2D eigenvalue weighted by Gasteiger charge is 2.43. The van der Waals surface area contributed by atoms with Crippen molar-refractivity contribution in [1.29, 1.82) is 0 Å². The molecule has 0 N–H and O–H groups in total. The van der Waals surface area contributed by atoms with Crippen molar-refractivity contribution in [3.05, 3.63) is 35.9 Å². The van der Waals surface area contributed by atoms with E-state index in [-0.39, 0.29) is 18.0 Å². The van der Waals surface area contributed by atoms with Crippen molar-refractivity contribution >= 4 is 17.7 Å². The SMILES string of the molecule is CSCC1CC(C(C)(C)OCc2ccccc2)OC1=O. The fourth-order valence-corrected chi connectivity index (χ4v) is 3.01. The van der Waals surface area contributed by atoms with Crippen LogP contribution in [0.2, 0.25) is 0 Å². The van der Waals surface area contributed by atoms with Crippen LogP contribution in [0.5, 0.6) is 0 Å². The van der Waals surface area contributed by atoms with Gasteiger partial charge in [0.1, 0.15) is 6.10 Å².